The Balaban J connectivity index is 1.41. The third-order valence-electron chi connectivity index (χ3n) is 7.13. The fourth-order valence-electron chi connectivity index (χ4n) is 5.12. The van der Waals surface area contributed by atoms with Crippen LogP contribution >= 0.6 is 15.9 Å². The Morgan fingerprint density at radius 3 is 2.86 bits per heavy atom. The van der Waals surface area contributed by atoms with Gasteiger partial charge in [0.15, 0.2) is 5.82 Å². The van der Waals surface area contributed by atoms with Gasteiger partial charge in [0.05, 0.1) is 19.8 Å². The molecule has 10 heteroatoms. The van der Waals surface area contributed by atoms with E-state index in [0.29, 0.717) is 13.1 Å². The van der Waals surface area contributed by atoms with Crippen molar-refractivity contribution in [3.05, 3.63) is 46.6 Å². The second kappa shape index (κ2) is 9.31. The summed E-state index contributed by atoms with van der Waals surface area (Å²) in [4.78, 5) is 24.6. The number of nitrogens with one attached hydrogen (secondary N) is 2. The van der Waals surface area contributed by atoms with Crippen molar-refractivity contribution < 1.29 is 14.3 Å². The van der Waals surface area contributed by atoms with Crippen molar-refractivity contribution in [2.45, 2.75) is 50.7 Å². The fourth-order valence-corrected chi connectivity index (χ4v) is 5.68. The first-order valence-corrected chi connectivity index (χ1v) is 12.6. The van der Waals surface area contributed by atoms with Gasteiger partial charge in [-0.15, -0.1) is 0 Å². The lowest BCUT2D eigenvalue weighted by molar-refractivity contribution is -0.145. The number of amides is 1. The zero-order valence-corrected chi connectivity index (χ0v) is 22.1. The van der Waals surface area contributed by atoms with Gasteiger partial charge in [-0.1, -0.05) is 0 Å². The Bertz CT molecular complexity index is 1260. The van der Waals surface area contributed by atoms with Gasteiger partial charge in [0, 0.05) is 55.6 Å². The zero-order valence-electron chi connectivity index (χ0n) is 20.5. The standard InChI is InChI=1S/C25H31BrN6O3/c1-25(2)24(33)32-14-16(5-7-17(32)13-29-25)23-30-21(26)20-22(27-9-10-31(20)23)28-12-15-6-8-18(34-3)11-19(15)35-4/h6,8-11,16-17,29H,5,7,12-14H2,1-4H3,(H,27,28)/t16-,17+/m1/s1. The van der Waals surface area contributed by atoms with Crippen molar-refractivity contribution in [3.8, 4) is 11.5 Å². The molecule has 0 aliphatic carbocycles. The largest absolute Gasteiger partial charge is 0.497 e. The molecular weight excluding hydrogens is 512 g/mol. The molecule has 186 valence electrons. The van der Waals surface area contributed by atoms with Crippen molar-refractivity contribution in [1.29, 1.82) is 0 Å². The number of fused-ring (bicyclic) bond motifs is 2. The minimum Gasteiger partial charge on any atom is -0.497 e. The lowest BCUT2D eigenvalue weighted by Crippen LogP contribution is -2.66. The van der Waals surface area contributed by atoms with Gasteiger partial charge in [0.2, 0.25) is 5.91 Å². The number of nitrogens with zero attached hydrogens (tertiary/aromatic N) is 4. The highest BCUT2D eigenvalue weighted by Crippen LogP contribution is 2.36. The lowest BCUT2D eigenvalue weighted by Gasteiger charge is -2.47. The number of carbonyl (C=O) groups excluding carboxylic acids is 1. The first-order chi connectivity index (χ1) is 16.8. The molecule has 1 amide bonds. The molecule has 2 atom stereocenters. The van der Waals surface area contributed by atoms with E-state index in [1.807, 2.05) is 38.2 Å². The number of hydrogen-bond acceptors (Lipinski definition) is 7. The number of piperidine rings is 1. The molecule has 1 aromatic carbocycles. The van der Waals surface area contributed by atoms with Crippen LogP contribution in [0.5, 0.6) is 11.5 Å². The summed E-state index contributed by atoms with van der Waals surface area (Å²) in [7, 11) is 3.29. The van der Waals surface area contributed by atoms with Crippen LogP contribution in [0.15, 0.2) is 35.2 Å². The van der Waals surface area contributed by atoms with Gasteiger partial charge in [-0.3, -0.25) is 9.20 Å². The van der Waals surface area contributed by atoms with Crippen molar-refractivity contribution in [3.63, 3.8) is 0 Å². The van der Waals surface area contributed by atoms with Crippen molar-refractivity contribution in [2.75, 3.05) is 32.6 Å². The molecule has 0 saturated carbocycles. The summed E-state index contributed by atoms with van der Waals surface area (Å²) < 4.78 is 13.7. The number of piperazine rings is 1. The summed E-state index contributed by atoms with van der Waals surface area (Å²) in [6, 6.07) is 6.01. The molecule has 9 nitrogen and oxygen atoms in total. The minimum absolute atomic E-state index is 0.153. The molecule has 4 heterocycles. The van der Waals surface area contributed by atoms with Crippen LogP contribution in [0.4, 0.5) is 5.82 Å². The number of anilines is 1. The highest BCUT2D eigenvalue weighted by Gasteiger charge is 2.44. The average Bonchev–Trinajstić information content (AvgIpc) is 3.22. The number of halogens is 1. The molecule has 0 spiro atoms. The summed E-state index contributed by atoms with van der Waals surface area (Å²) in [5, 5.41) is 6.83. The number of ether oxygens (including phenoxy) is 2. The lowest BCUT2D eigenvalue weighted by atomic mass is 9.87. The summed E-state index contributed by atoms with van der Waals surface area (Å²) >= 11 is 3.66. The molecule has 2 aliphatic heterocycles. The Kier molecular flexibility index (Phi) is 6.35. The second-order valence-corrected chi connectivity index (χ2v) is 10.4. The number of methoxy groups -OCH3 is 2. The van der Waals surface area contributed by atoms with E-state index < -0.39 is 5.54 Å². The average molecular weight is 543 g/mol. The van der Waals surface area contributed by atoms with Gasteiger partial charge < -0.3 is 25.0 Å². The van der Waals surface area contributed by atoms with Crippen LogP contribution in [0.1, 0.15) is 44.0 Å². The maximum Gasteiger partial charge on any atom is 0.242 e. The van der Waals surface area contributed by atoms with Crippen LogP contribution in [-0.2, 0) is 11.3 Å². The molecule has 2 saturated heterocycles. The van der Waals surface area contributed by atoms with E-state index in [9.17, 15) is 4.79 Å². The van der Waals surface area contributed by atoms with Gasteiger partial charge in [0.1, 0.15) is 27.4 Å². The number of rotatable bonds is 6. The third kappa shape index (κ3) is 4.33. The van der Waals surface area contributed by atoms with E-state index in [4.69, 9.17) is 14.5 Å². The van der Waals surface area contributed by atoms with Crippen LogP contribution in [0.3, 0.4) is 0 Å². The Hall–Kier alpha value is -2.85. The van der Waals surface area contributed by atoms with Crippen LogP contribution < -0.4 is 20.1 Å². The van der Waals surface area contributed by atoms with Crippen LogP contribution in [0, 0.1) is 0 Å². The second-order valence-electron chi connectivity index (χ2n) is 9.68. The molecule has 3 aromatic rings. The molecule has 5 rings (SSSR count). The van der Waals surface area contributed by atoms with E-state index in [-0.39, 0.29) is 17.9 Å². The SMILES string of the molecule is COc1ccc(CNc2nccn3c([C@@H]4CC[C@H]5CNC(C)(C)C(=O)N5C4)nc(Br)c23)c(OC)c1. The number of aromatic nitrogens is 3. The first-order valence-electron chi connectivity index (χ1n) is 11.9. The Morgan fingerprint density at radius 2 is 2.09 bits per heavy atom. The van der Waals surface area contributed by atoms with Gasteiger partial charge in [-0.05, 0) is 54.8 Å². The molecule has 2 aliphatic rings. The summed E-state index contributed by atoms with van der Waals surface area (Å²) in [6.45, 7) is 5.96. The van der Waals surface area contributed by atoms with Gasteiger partial charge in [-0.2, -0.15) is 0 Å². The van der Waals surface area contributed by atoms with Crippen molar-refractivity contribution >= 4 is 33.2 Å². The quantitative estimate of drug-likeness (QED) is 0.491. The van der Waals surface area contributed by atoms with Crippen molar-refractivity contribution in [2.24, 2.45) is 0 Å². The number of imidazole rings is 1. The topological polar surface area (TPSA) is 93.0 Å². The van der Waals surface area contributed by atoms with E-state index in [2.05, 4.69) is 40.8 Å². The predicted octanol–water partition coefficient (Wildman–Crippen LogP) is 3.58. The molecule has 0 bridgehead atoms. The number of hydrogen-bond donors (Lipinski definition) is 2. The van der Waals surface area contributed by atoms with Gasteiger partial charge >= 0.3 is 0 Å². The molecular formula is C25H31BrN6O3. The highest BCUT2D eigenvalue weighted by atomic mass is 79.9. The van der Waals surface area contributed by atoms with Crippen LogP contribution in [0.25, 0.3) is 5.52 Å². The molecule has 2 N–H and O–H groups in total. The molecule has 2 aromatic heterocycles. The predicted molar refractivity (Wildman–Crippen MR) is 137 cm³/mol. The zero-order chi connectivity index (χ0) is 24.7. The number of carbonyl (C=O) groups is 1. The van der Waals surface area contributed by atoms with E-state index in [1.165, 1.54) is 0 Å². The van der Waals surface area contributed by atoms with Gasteiger partial charge in [0.25, 0.3) is 0 Å². The van der Waals surface area contributed by atoms with E-state index >= 15 is 0 Å². The van der Waals surface area contributed by atoms with Gasteiger partial charge in [-0.25, -0.2) is 9.97 Å². The smallest absolute Gasteiger partial charge is 0.242 e. The van der Waals surface area contributed by atoms with Crippen molar-refractivity contribution in [1.82, 2.24) is 24.6 Å². The maximum atomic E-state index is 13.1. The monoisotopic (exact) mass is 542 g/mol. The summed E-state index contributed by atoms with van der Waals surface area (Å²) in [5.41, 5.74) is 1.34. The Morgan fingerprint density at radius 1 is 1.26 bits per heavy atom. The molecule has 2 fully saturated rings. The summed E-state index contributed by atoms with van der Waals surface area (Å²) in [6.07, 6.45) is 5.66. The maximum absolute atomic E-state index is 13.1. The molecule has 0 radical (unpaired) electrons. The highest BCUT2D eigenvalue weighted by molar-refractivity contribution is 9.10. The minimum atomic E-state index is -0.531. The van der Waals surface area contributed by atoms with E-state index in [0.717, 1.165) is 58.2 Å². The fraction of sp³-hybridized carbons (Fsp3) is 0.480. The van der Waals surface area contributed by atoms with E-state index in [1.54, 1.807) is 20.4 Å². The normalized spacial score (nSPS) is 21.6. The summed E-state index contributed by atoms with van der Waals surface area (Å²) in [5.74, 6) is 3.48. The molecule has 0 unspecified atom stereocenters. The van der Waals surface area contributed by atoms with Crippen LogP contribution in [0.2, 0.25) is 0 Å². The molecule has 35 heavy (non-hydrogen) atoms. The van der Waals surface area contributed by atoms with Crippen LogP contribution in [-0.4, -0.2) is 64.1 Å². The first kappa shape index (κ1) is 23.9. The third-order valence-corrected chi connectivity index (χ3v) is 7.68. The number of benzene rings is 1. The Labute approximate surface area is 213 Å².